The van der Waals surface area contributed by atoms with Gasteiger partial charge >= 0.3 is 12.1 Å². The lowest BCUT2D eigenvalue weighted by Crippen LogP contribution is -2.60. The number of hydrogen-bond acceptors (Lipinski definition) is 5. The maximum atomic E-state index is 12.3. The van der Waals surface area contributed by atoms with Gasteiger partial charge in [0.25, 0.3) is 0 Å². The molecular formula is C25H47N3O4. The fourth-order valence-electron chi connectivity index (χ4n) is 6.43. The number of hydrogen-bond donors (Lipinski definition) is 4. The van der Waals surface area contributed by atoms with Crippen LogP contribution in [0.2, 0.25) is 0 Å². The van der Waals surface area contributed by atoms with E-state index in [0.717, 1.165) is 38.5 Å². The molecule has 1 atom stereocenters. The number of carbonyl (C=O) groups is 2. The van der Waals surface area contributed by atoms with Crippen molar-refractivity contribution in [2.75, 3.05) is 6.54 Å². The monoisotopic (exact) mass is 453 g/mol. The summed E-state index contributed by atoms with van der Waals surface area (Å²) in [6.45, 7) is 17.6. The zero-order chi connectivity index (χ0) is 24.4. The quantitative estimate of drug-likeness (QED) is 0.405. The summed E-state index contributed by atoms with van der Waals surface area (Å²) in [5, 5.41) is 19.9. The van der Waals surface area contributed by atoms with Crippen LogP contribution in [0.4, 0.5) is 4.79 Å². The summed E-state index contributed by atoms with van der Waals surface area (Å²) in [7, 11) is 0. The Morgan fingerprint density at radius 3 is 1.81 bits per heavy atom. The highest BCUT2D eigenvalue weighted by molar-refractivity contribution is 5.70. The Morgan fingerprint density at radius 2 is 1.34 bits per heavy atom. The Labute approximate surface area is 194 Å². The Bertz CT molecular complexity index is 640. The third kappa shape index (κ3) is 8.54. The first-order chi connectivity index (χ1) is 14.5. The predicted molar refractivity (Wildman–Crippen MR) is 128 cm³/mol. The first-order valence-corrected chi connectivity index (χ1v) is 12.3. The second-order valence-corrected chi connectivity index (χ2v) is 12.8. The topological polar surface area (TPSA) is 99.7 Å². The lowest BCUT2D eigenvalue weighted by molar-refractivity contribution is -0.145. The molecule has 2 saturated heterocycles. The second kappa shape index (κ2) is 9.88. The van der Waals surface area contributed by atoms with Gasteiger partial charge in [-0.3, -0.25) is 4.79 Å². The van der Waals surface area contributed by atoms with Gasteiger partial charge < -0.3 is 25.8 Å². The number of ether oxygens (including phenoxy) is 1. The van der Waals surface area contributed by atoms with E-state index in [9.17, 15) is 14.7 Å². The zero-order valence-corrected chi connectivity index (χ0v) is 21.6. The van der Waals surface area contributed by atoms with Crippen molar-refractivity contribution in [3.05, 3.63) is 0 Å². The van der Waals surface area contributed by atoms with E-state index >= 15 is 0 Å². The fourth-order valence-corrected chi connectivity index (χ4v) is 6.43. The van der Waals surface area contributed by atoms with Crippen LogP contribution in [0.15, 0.2) is 0 Å². The van der Waals surface area contributed by atoms with Gasteiger partial charge in [-0.2, -0.15) is 0 Å². The molecule has 0 aromatic carbocycles. The smallest absolute Gasteiger partial charge is 0.407 e. The van der Waals surface area contributed by atoms with E-state index in [2.05, 4.69) is 71.3 Å². The van der Waals surface area contributed by atoms with Crippen LogP contribution in [-0.2, 0) is 9.53 Å². The minimum absolute atomic E-state index is 0.0663. The molecule has 1 unspecified atom stereocenters. The van der Waals surface area contributed by atoms with Gasteiger partial charge in [0.2, 0.25) is 0 Å². The number of carboxylic acids is 1. The van der Waals surface area contributed by atoms with Gasteiger partial charge in [-0.05, 0) is 87.0 Å². The molecule has 0 aliphatic carbocycles. The molecule has 32 heavy (non-hydrogen) atoms. The van der Waals surface area contributed by atoms with E-state index in [0.29, 0.717) is 13.0 Å². The van der Waals surface area contributed by atoms with Crippen LogP contribution >= 0.6 is 0 Å². The molecular weight excluding hydrogens is 406 g/mol. The Morgan fingerprint density at radius 1 is 0.875 bits per heavy atom. The zero-order valence-electron chi connectivity index (χ0n) is 21.6. The third-order valence-electron chi connectivity index (χ3n) is 6.75. The number of alkyl carbamates (subject to hydrolysis) is 1. The summed E-state index contributed by atoms with van der Waals surface area (Å²) in [5.41, 5.74) is -0.279. The number of carboxylic acid groups (broad SMARTS) is 1. The van der Waals surface area contributed by atoms with Crippen LogP contribution in [0.5, 0.6) is 0 Å². The number of piperidine rings is 2. The molecule has 0 aromatic heterocycles. The van der Waals surface area contributed by atoms with Crippen molar-refractivity contribution in [3.63, 3.8) is 0 Å². The summed E-state index contributed by atoms with van der Waals surface area (Å²) in [6.07, 6.45) is 4.97. The molecule has 0 aromatic rings. The minimum atomic E-state index is -0.702. The van der Waals surface area contributed by atoms with E-state index < -0.39 is 5.97 Å². The van der Waals surface area contributed by atoms with Gasteiger partial charge in [0.1, 0.15) is 6.10 Å². The molecule has 7 heteroatoms. The van der Waals surface area contributed by atoms with Crippen molar-refractivity contribution < 1.29 is 19.4 Å². The van der Waals surface area contributed by atoms with E-state index in [1.165, 1.54) is 0 Å². The summed E-state index contributed by atoms with van der Waals surface area (Å²) in [5.74, 6) is -0.892. The van der Waals surface area contributed by atoms with Crippen molar-refractivity contribution in [2.24, 2.45) is 11.8 Å². The van der Waals surface area contributed by atoms with Crippen LogP contribution in [-0.4, -0.2) is 52.0 Å². The van der Waals surface area contributed by atoms with Crippen molar-refractivity contribution in [1.82, 2.24) is 16.0 Å². The van der Waals surface area contributed by atoms with Gasteiger partial charge in [0.05, 0.1) is 5.92 Å². The molecule has 0 bridgehead atoms. The van der Waals surface area contributed by atoms with Crippen LogP contribution in [0.3, 0.4) is 0 Å². The summed E-state index contributed by atoms with van der Waals surface area (Å²) in [4.78, 5) is 24.3. The molecule has 0 saturated carbocycles. The van der Waals surface area contributed by atoms with Crippen LogP contribution in [0, 0.1) is 11.8 Å². The Hall–Kier alpha value is -1.34. The third-order valence-corrected chi connectivity index (χ3v) is 6.75. The van der Waals surface area contributed by atoms with Crippen LogP contribution in [0.25, 0.3) is 0 Å². The minimum Gasteiger partial charge on any atom is -0.481 e. The van der Waals surface area contributed by atoms with Gasteiger partial charge in [0, 0.05) is 41.5 Å². The highest BCUT2D eigenvalue weighted by atomic mass is 16.6. The van der Waals surface area contributed by atoms with Crippen molar-refractivity contribution >= 4 is 12.1 Å². The molecule has 186 valence electrons. The highest BCUT2D eigenvalue weighted by Crippen LogP contribution is 2.38. The SMILES string of the molecule is CC1(C)CC(OC(=O)NCCCCC(C(=O)O)C2CC(C)(C)NC(C)(C)C2)CC(C)(C)N1. The van der Waals surface area contributed by atoms with E-state index in [1.54, 1.807) is 0 Å². The molecule has 2 aliphatic rings. The van der Waals surface area contributed by atoms with Gasteiger partial charge in [-0.25, -0.2) is 4.79 Å². The molecule has 2 heterocycles. The fraction of sp³-hybridized carbons (Fsp3) is 0.920. The van der Waals surface area contributed by atoms with Crippen molar-refractivity contribution in [3.8, 4) is 0 Å². The normalized spacial score (nSPS) is 25.6. The summed E-state index contributed by atoms with van der Waals surface area (Å²) >= 11 is 0. The lowest BCUT2D eigenvalue weighted by Gasteiger charge is -2.48. The van der Waals surface area contributed by atoms with Gasteiger partial charge in [0.15, 0.2) is 0 Å². The lowest BCUT2D eigenvalue weighted by atomic mass is 9.69. The number of amides is 1. The summed E-state index contributed by atoms with van der Waals surface area (Å²) < 4.78 is 5.68. The van der Waals surface area contributed by atoms with Crippen molar-refractivity contribution in [1.29, 1.82) is 0 Å². The first kappa shape index (κ1) is 26.9. The van der Waals surface area contributed by atoms with E-state index in [4.69, 9.17) is 4.74 Å². The molecule has 4 N–H and O–H groups in total. The Balaban J connectivity index is 1.76. The average molecular weight is 454 g/mol. The second-order valence-electron chi connectivity index (χ2n) is 12.8. The predicted octanol–water partition coefficient (Wildman–Crippen LogP) is 4.45. The van der Waals surface area contributed by atoms with E-state index in [-0.39, 0.29) is 46.2 Å². The van der Waals surface area contributed by atoms with Gasteiger partial charge in [-0.15, -0.1) is 0 Å². The standard InChI is InChI=1S/C25H47N3O4/c1-22(2)13-17(14-23(3,4)27-22)19(20(29)30)11-9-10-12-26-21(31)32-18-15-24(5,6)28-25(7,8)16-18/h17-19,27-28H,9-16H2,1-8H3,(H,26,31)(H,29,30). The number of unbranched alkanes of at least 4 members (excludes halogenated alkanes) is 1. The largest absolute Gasteiger partial charge is 0.481 e. The van der Waals surface area contributed by atoms with E-state index in [1.807, 2.05) is 0 Å². The van der Waals surface area contributed by atoms with Crippen LogP contribution in [0.1, 0.15) is 100 Å². The number of nitrogens with one attached hydrogen (secondary N) is 3. The van der Waals surface area contributed by atoms with Crippen LogP contribution < -0.4 is 16.0 Å². The Kier molecular flexibility index (Phi) is 8.31. The number of carbonyl (C=O) groups excluding carboxylic acids is 1. The molecule has 2 aliphatic heterocycles. The maximum Gasteiger partial charge on any atom is 0.407 e. The molecule has 0 radical (unpaired) electrons. The number of aliphatic carboxylic acids is 1. The highest BCUT2D eigenvalue weighted by Gasteiger charge is 2.42. The maximum absolute atomic E-state index is 12.3. The summed E-state index contributed by atoms with van der Waals surface area (Å²) in [6, 6.07) is 0. The van der Waals surface area contributed by atoms with Gasteiger partial charge in [-0.1, -0.05) is 6.42 Å². The average Bonchev–Trinajstić information content (AvgIpc) is 2.51. The molecule has 7 nitrogen and oxygen atoms in total. The molecule has 1 amide bonds. The van der Waals surface area contributed by atoms with Crippen molar-refractivity contribution in [2.45, 2.75) is 129 Å². The molecule has 0 spiro atoms. The molecule has 2 rings (SSSR count). The number of rotatable bonds is 8. The molecule has 2 fully saturated rings. The first-order valence-electron chi connectivity index (χ1n) is 12.3.